The number of ether oxygens (including phenoxy) is 4. The summed E-state index contributed by atoms with van der Waals surface area (Å²) in [6, 6.07) is 0. The molecular formula is C13H21N3O5. The van der Waals surface area contributed by atoms with Gasteiger partial charge in [0.1, 0.15) is 0 Å². The number of nitrogens with zero attached hydrogens (tertiary/aromatic N) is 3. The average molecular weight is 299 g/mol. The minimum absolute atomic E-state index is 0.119. The van der Waals surface area contributed by atoms with Crippen LogP contribution in [0.2, 0.25) is 0 Å². The highest BCUT2D eigenvalue weighted by atomic mass is 16.6. The van der Waals surface area contributed by atoms with Crippen molar-refractivity contribution >= 4 is 6.09 Å². The molecule has 1 rings (SSSR count). The molecule has 1 aliphatic rings. The summed E-state index contributed by atoms with van der Waals surface area (Å²) in [5.74, 6) is 0.865. The van der Waals surface area contributed by atoms with Crippen LogP contribution in [0.15, 0.2) is 16.9 Å². The van der Waals surface area contributed by atoms with E-state index in [4.69, 9.17) is 24.5 Å². The summed E-state index contributed by atoms with van der Waals surface area (Å²) in [5, 5.41) is 2.89. The summed E-state index contributed by atoms with van der Waals surface area (Å²) in [6.45, 7) is 0.350. The Hall–Kier alpha value is -1.76. The molecule has 1 aliphatic carbocycles. The number of methoxy groups -OCH3 is 2. The molecule has 118 valence electrons. The monoisotopic (exact) mass is 299 g/mol. The first-order valence-electron chi connectivity index (χ1n) is 6.80. The lowest BCUT2D eigenvalue weighted by Gasteiger charge is -2.28. The molecule has 21 heavy (non-hydrogen) atoms. The van der Waals surface area contributed by atoms with Gasteiger partial charge in [0.05, 0.1) is 19.0 Å². The highest BCUT2D eigenvalue weighted by Crippen LogP contribution is 2.21. The molecule has 0 heterocycles. The Morgan fingerprint density at radius 3 is 2.62 bits per heavy atom. The van der Waals surface area contributed by atoms with Crippen LogP contribution >= 0.6 is 0 Å². The Labute approximate surface area is 123 Å². The Morgan fingerprint density at radius 2 is 2.05 bits per heavy atom. The second-order valence-electron chi connectivity index (χ2n) is 4.59. The van der Waals surface area contributed by atoms with Crippen molar-refractivity contribution in [3.63, 3.8) is 0 Å². The van der Waals surface area contributed by atoms with E-state index in [9.17, 15) is 4.79 Å². The van der Waals surface area contributed by atoms with Crippen LogP contribution in [-0.2, 0) is 18.9 Å². The lowest BCUT2D eigenvalue weighted by Crippen LogP contribution is -2.39. The summed E-state index contributed by atoms with van der Waals surface area (Å²) < 4.78 is 21.1. The van der Waals surface area contributed by atoms with Crippen LogP contribution in [0, 0.1) is 0 Å². The van der Waals surface area contributed by atoms with Gasteiger partial charge in [0.2, 0.25) is 0 Å². The van der Waals surface area contributed by atoms with Crippen LogP contribution in [-0.4, -0.2) is 45.7 Å². The maximum absolute atomic E-state index is 11.3. The zero-order valence-electron chi connectivity index (χ0n) is 12.4. The standard InChI is InChI=1S/C13H21N3O5/c1-18-8-11(20-10-6-4-3-5-7-10)12(9-19-2)21-13(17)15-16-14/h6,11-12H,3-5,7-9H2,1-2H3/t11-,12-/m1/s1. The molecule has 0 unspecified atom stereocenters. The first-order chi connectivity index (χ1) is 10.2. The van der Waals surface area contributed by atoms with E-state index in [0.29, 0.717) is 0 Å². The molecule has 2 atom stereocenters. The van der Waals surface area contributed by atoms with Gasteiger partial charge in [0.25, 0.3) is 0 Å². The molecule has 0 aromatic rings. The number of hydrogen-bond donors (Lipinski definition) is 0. The maximum atomic E-state index is 11.3. The van der Waals surface area contributed by atoms with E-state index in [1.165, 1.54) is 14.2 Å². The number of carbonyl (C=O) groups excluding carboxylic acids is 1. The predicted octanol–water partition coefficient (Wildman–Crippen LogP) is 2.94. The van der Waals surface area contributed by atoms with Gasteiger partial charge < -0.3 is 18.9 Å². The van der Waals surface area contributed by atoms with E-state index < -0.39 is 18.3 Å². The lowest BCUT2D eigenvalue weighted by atomic mass is 10.1. The fourth-order valence-electron chi connectivity index (χ4n) is 2.06. The van der Waals surface area contributed by atoms with Crippen LogP contribution in [0.25, 0.3) is 10.4 Å². The molecular weight excluding hydrogens is 278 g/mol. The molecule has 0 aliphatic heterocycles. The topological polar surface area (TPSA) is 103 Å². The van der Waals surface area contributed by atoms with Crippen molar-refractivity contribution in [3.05, 3.63) is 22.3 Å². The Kier molecular flexibility index (Phi) is 8.27. The summed E-state index contributed by atoms with van der Waals surface area (Å²) >= 11 is 0. The normalized spacial score (nSPS) is 17.1. The number of carbonyl (C=O) groups is 1. The number of amides is 1. The fourth-order valence-corrected chi connectivity index (χ4v) is 2.06. The van der Waals surface area contributed by atoms with Crippen molar-refractivity contribution < 1.29 is 23.7 Å². The number of hydrogen-bond acceptors (Lipinski definition) is 5. The molecule has 0 bridgehead atoms. The largest absolute Gasteiger partial charge is 0.489 e. The van der Waals surface area contributed by atoms with Crippen molar-refractivity contribution in [2.24, 2.45) is 5.11 Å². The second kappa shape index (κ2) is 10.0. The molecule has 0 aromatic carbocycles. The van der Waals surface area contributed by atoms with Crippen molar-refractivity contribution in [2.75, 3.05) is 27.4 Å². The van der Waals surface area contributed by atoms with Gasteiger partial charge in [-0.15, -0.1) is 0 Å². The number of rotatable bonds is 8. The van der Waals surface area contributed by atoms with Crippen LogP contribution in [0.1, 0.15) is 25.7 Å². The van der Waals surface area contributed by atoms with E-state index in [1.807, 2.05) is 6.08 Å². The molecule has 8 heteroatoms. The Bertz CT molecular complexity index is 407. The minimum atomic E-state index is -1.01. The summed E-state index contributed by atoms with van der Waals surface area (Å²) in [6.07, 6.45) is 3.83. The maximum Gasteiger partial charge on any atom is 0.397 e. The quantitative estimate of drug-likeness (QED) is 0.389. The van der Waals surface area contributed by atoms with Gasteiger partial charge >= 0.3 is 6.09 Å². The zero-order valence-corrected chi connectivity index (χ0v) is 12.4. The highest BCUT2D eigenvalue weighted by Gasteiger charge is 2.28. The third-order valence-electron chi connectivity index (χ3n) is 3.01. The molecule has 0 aromatic heterocycles. The third-order valence-corrected chi connectivity index (χ3v) is 3.01. The third kappa shape index (κ3) is 6.48. The van der Waals surface area contributed by atoms with Gasteiger partial charge in [0, 0.05) is 30.7 Å². The Balaban J connectivity index is 2.72. The summed E-state index contributed by atoms with van der Waals surface area (Å²) in [4.78, 5) is 13.7. The molecule has 0 saturated heterocycles. The molecule has 8 nitrogen and oxygen atoms in total. The summed E-state index contributed by atoms with van der Waals surface area (Å²) in [7, 11) is 3.02. The van der Waals surface area contributed by atoms with Crippen molar-refractivity contribution in [2.45, 2.75) is 37.9 Å². The minimum Gasteiger partial charge on any atom is -0.489 e. The van der Waals surface area contributed by atoms with Gasteiger partial charge in [-0.3, -0.25) is 0 Å². The van der Waals surface area contributed by atoms with E-state index in [-0.39, 0.29) is 13.2 Å². The molecule has 1 amide bonds. The number of azide groups is 1. The SMILES string of the molecule is COC[C@@H](OC(=O)N=[N+]=[N-])[C@@H](COC)OC1=CCCCC1. The smallest absolute Gasteiger partial charge is 0.397 e. The van der Waals surface area contributed by atoms with Crippen LogP contribution in [0.5, 0.6) is 0 Å². The number of allylic oxidation sites excluding steroid dienone is 2. The average Bonchev–Trinajstić information content (AvgIpc) is 2.48. The first kappa shape index (κ1) is 17.3. The van der Waals surface area contributed by atoms with E-state index in [2.05, 4.69) is 10.0 Å². The molecule has 0 fully saturated rings. The van der Waals surface area contributed by atoms with Crippen molar-refractivity contribution in [3.8, 4) is 0 Å². The second-order valence-corrected chi connectivity index (χ2v) is 4.59. The van der Waals surface area contributed by atoms with Crippen LogP contribution < -0.4 is 0 Å². The van der Waals surface area contributed by atoms with Crippen LogP contribution in [0.4, 0.5) is 4.79 Å². The first-order valence-corrected chi connectivity index (χ1v) is 6.80. The Morgan fingerprint density at radius 1 is 1.33 bits per heavy atom. The van der Waals surface area contributed by atoms with Gasteiger partial charge in [-0.1, -0.05) is 0 Å². The van der Waals surface area contributed by atoms with Gasteiger partial charge in [-0.05, 0) is 30.9 Å². The molecule has 0 N–H and O–H groups in total. The summed E-state index contributed by atoms with van der Waals surface area (Å²) in [5.41, 5.74) is 8.24. The van der Waals surface area contributed by atoms with E-state index in [1.54, 1.807) is 0 Å². The molecule has 0 radical (unpaired) electrons. The van der Waals surface area contributed by atoms with E-state index in [0.717, 1.165) is 31.4 Å². The van der Waals surface area contributed by atoms with Crippen molar-refractivity contribution in [1.29, 1.82) is 0 Å². The molecule has 0 spiro atoms. The predicted molar refractivity (Wildman–Crippen MR) is 74.6 cm³/mol. The fraction of sp³-hybridized carbons (Fsp3) is 0.769. The highest BCUT2D eigenvalue weighted by molar-refractivity contribution is 5.68. The van der Waals surface area contributed by atoms with Gasteiger partial charge in [-0.25, -0.2) is 4.79 Å². The van der Waals surface area contributed by atoms with Crippen LogP contribution in [0.3, 0.4) is 0 Å². The molecule has 0 saturated carbocycles. The lowest BCUT2D eigenvalue weighted by molar-refractivity contribution is -0.0748. The zero-order chi connectivity index (χ0) is 15.5. The van der Waals surface area contributed by atoms with E-state index >= 15 is 0 Å². The van der Waals surface area contributed by atoms with Crippen molar-refractivity contribution in [1.82, 2.24) is 0 Å². The van der Waals surface area contributed by atoms with Gasteiger partial charge in [0.15, 0.2) is 12.2 Å². The van der Waals surface area contributed by atoms with Gasteiger partial charge in [-0.2, -0.15) is 0 Å².